The Hall–Kier alpha value is -0.410. The van der Waals surface area contributed by atoms with Crippen molar-refractivity contribution in [2.75, 3.05) is 6.54 Å². The Labute approximate surface area is 119 Å². The third-order valence-corrected chi connectivity index (χ3v) is 4.64. The quantitative estimate of drug-likeness (QED) is 0.914. The number of rotatable bonds is 3. The second-order valence-electron chi connectivity index (χ2n) is 5.69. The van der Waals surface area contributed by atoms with Crippen LogP contribution in [-0.4, -0.2) is 17.1 Å². The molecule has 1 N–H and O–H groups in total. The van der Waals surface area contributed by atoms with Crippen LogP contribution in [-0.2, 0) is 6.42 Å². The lowest BCUT2D eigenvalue weighted by molar-refractivity contribution is 0.224. The maximum absolute atomic E-state index is 4.54. The summed E-state index contributed by atoms with van der Waals surface area (Å²) in [6, 6.07) is 4.23. The molecule has 1 aliphatic rings. The summed E-state index contributed by atoms with van der Waals surface area (Å²) in [6.45, 7) is 5.81. The molecule has 0 saturated carbocycles. The molecule has 0 aromatic carbocycles. The molecule has 18 heavy (non-hydrogen) atoms. The number of halogens is 1. The van der Waals surface area contributed by atoms with Crippen molar-refractivity contribution in [2.45, 2.75) is 51.5 Å². The highest BCUT2D eigenvalue weighted by Gasteiger charge is 2.34. The predicted molar refractivity (Wildman–Crippen MR) is 79.7 cm³/mol. The molecule has 1 fully saturated rings. The molecule has 0 bridgehead atoms. The van der Waals surface area contributed by atoms with Crippen molar-refractivity contribution in [1.29, 1.82) is 0 Å². The van der Waals surface area contributed by atoms with Crippen molar-refractivity contribution in [3.05, 3.63) is 28.5 Å². The highest BCUT2D eigenvalue weighted by atomic mass is 79.9. The molecule has 2 heterocycles. The first-order valence-electron chi connectivity index (χ1n) is 6.98. The Bertz CT molecular complexity index is 365. The van der Waals surface area contributed by atoms with Gasteiger partial charge in [0.05, 0.1) is 0 Å². The van der Waals surface area contributed by atoms with E-state index >= 15 is 0 Å². The summed E-state index contributed by atoms with van der Waals surface area (Å²) < 4.78 is 1.05. The van der Waals surface area contributed by atoms with Gasteiger partial charge in [-0.05, 0) is 53.4 Å². The molecule has 2 rings (SSSR count). The molecule has 1 saturated heterocycles. The summed E-state index contributed by atoms with van der Waals surface area (Å²) in [6.07, 6.45) is 8.21. The van der Waals surface area contributed by atoms with Crippen molar-refractivity contribution in [2.24, 2.45) is 5.92 Å². The van der Waals surface area contributed by atoms with Crippen LogP contribution in [0.1, 0.15) is 45.2 Å². The SMILES string of the molecule is CC(C)C1(Cc2ccc(Br)cn2)CCCCCN1. The first kappa shape index (κ1) is 14.0. The minimum atomic E-state index is 0.233. The summed E-state index contributed by atoms with van der Waals surface area (Å²) >= 11 is 3.45. The van der Waals surface area contributed by atoms with Gasteiger partial charge in [-0.15, -0.1) is 0 Å². The van der Waals surface area contributed by atoms with Gasteiger partial charge in [0.2, 0.25) is 0 Å². The summed E-state index contributed by atoms with van der Waals surface area (Å²) in [5, 5.41) is 3.81. The minimum absolute atomic E-state index is 0.233. The van der Waals surface area contributed by atoms with Gasteiger partial charge in [0.25, 0.3) is 0 Å². The zero-order valence-corrected chi connectivity index (χ0v) is 13.0. The molecule has 0 amide bonds. The van der Waals surface area contributed by atoms with E-state index in [1.165, 1.54) is 31.4 Å². The molecule has 1 atom stereocenters. The van der Waals surface area contributed by atoms with E-state index in [9.17, 15) is 0 Å². The van der Waals surface area contributed by atoms with Crippen LogP contribution in [0.5, 0.6) is 0 Å². The Morgan fingerprint density at radius 2 is 2.17 bits per heavy atom. The smallest absolute Gasteiger partial charge is 0.0422 e. The van der Waals surface area contributed by atoms with E-state index in [4.69, 9.17) is 0 Å². The lowest BCUT2D eigenvalue weighted by Crippen LogP contribution is -2.51. The van der Waals surface area contributed by atoms with Crippen molar-refractivity contribution >= 4 is 15.9 Å². The summed E-state index contributed by atoms with van der Waals surface area (Å²) in [5.74, 6) is 0.640. The van der Waals surface area contributed by atoms with Crippen molar-refractivity contribution < 1.29 is 0 Å². The lowest BCUT2D eigenvalue weighted by atomic mass is 9.78. The van der Waals surface area contributed by atoms with Crippen molar-refractivity contribution in [3.63, 3.8) is 0 Å². The van der Waals surface area contributed by atoms with Gasteiger partial charge in [-0.25, -0.2) is 0 Å². The summed E-state index contributed by atoms with van der Waals surface area (Å²) in [5.41, 5.74) is 1.43. The normalized spacial score (nSPS) is 25.1. The number of pyridine rings is 1. The van der Waals surface area contributed by atoms with Crippen LogP contribution in [0, 0.1) is 5.92 Å². The number of hydrogen-bond donors (Lipinski definition) is 1. The molecule has 0 aliphatic carbocycles. The second-order valence-corrected chi connectivity index (χ2v) is 6.61. The van der Waals surface area contributed by atoms with Gasteiger partial charge in [-0.3, -0.25) is 4.98 Å². The van der Waals surface area contributed by atoms with Crippen LogP contribution < -0.4 is 5.32 Å². The van der Waals surface area contributed by atoms with Crippen LogP contribution in [0.15, 0.2) is 22.8 Å². The largest absolute Gasteiger partial charge is 0.311 e. The van der Waals surface area contributed by atoms with Crippen LogP contribution in [0.25, 0.3) is 0 Å². The van der Waals surface area contributed by atoms with Crippen molar-refractivity contribution in [1.82, 2.24) is 10.3 Å². The maximum atomic E-state index is 4.54. The molecule has 1 aromatic heterocycles. The van der Waals surface area contributed by atoms with Gasteiger partial charge in [0, 0.05) is 28.3 Å². The van der Waals surface area contributed by atoms with E-state index in [1.807, 2.05) is 6.20 Å². The van der Waals surface area contributed by atoms with Crippen molar-refractivity contribution in [3.8, 4) is 0 Å². The van der Waals surface area contributed by atoms with Gasteiger partial charge in [0.1, 0.15) is 0 Å². The monoisotopic (exact) mass is 310 g/mol. The fourth-order valence-electron chi connectivity index (χ4n) is 2.85. The molecule has 0 radical (unpaired) electrons. The van der Waals surface area contributed by atoms with Gasteiger partial charge >= 0.3 is 0 Å². The van der Waals surface area contributed by atoms with Gasteiger partial charge < -0.3 is 5.32 Å². The number of aromatic nitrogens is 1. The predicted octanol–water partition coefficient (Wildman–Crippen LogP) is 3.95. The zero-order chi connectivity index (χ0) is 13.0. The van der Waals surface area contributed by atoms with E-state index in [-0.39, 0.29) is 5.54 Å². The molecule has 1 aliphatic heterocycles. The Balaban J connectivity index is 2.16. The van der Waals surface area contributed by atoms with E-state index in [0.717, 1.165) is 17.4 Å². The molecule has 3 heteroatoms. The Kier molecular flexibility index (Phi) is 4.79. The number of hydrogen-bond acceptors (Lipinski definition) is 2. The standard InChI is InChI=1S/C15H23BrN2/c1-12(2)15(8-4-3-5-9-18-15)10-14-7-6-13(16)11-17-14/h6-7,11-12,18H,3-5,8-10H2,1-2H3. The fraction of sp³-hybridized carbons (Fsp3) is 0.667. The fourth-order valence-corrected chi connectivity index (χ4v) is 3.08. The number of nitrogens with one attached hydrogen (secondary N) is 1. The highest BCUT2D eigenvalue weighted by molar-refractivity contribution is 9.10. The Morgan fingerprint density at radius 1 is 1.33 bits per heavy atom. The van der Waals surface area contributed by atoms with Crippen LogP contribution in [0.2, 0.25) is 0 Å². The average molecular weight is 311 g/mol. The summed E-state index contributed by atoms with van der Waals surface area (Å²) in [7, 11) is 0. The first-order valence-corrected chi connectivity index (χ1v) is 7.77. The third-order valence-electron chi connectivity index (χ3n) is 4.17. The first-order chi connectivity index (χ1) is 8.62. The van der Waals surface area contributed by atoms with Crippen LogP contribution >= 0.6 is 15.9 Å². The Morgan fingerprint density at radius 3 is 2.83 bits per heavy atom. The lowest BCUT2D eigenvalue weighted by Gasteiger charge is -2.38. The minimum Gasteiger partial charge on any atom is -0.311 e. The van der Waals surface area contributed by atoms with Gasteiger partial charge in [-0.1, -0.05) is 26.7 Å². The third kappa shape index (κ3) is 3.33. The van der Waals surface area contributed by atoms with Gasteiger partial charge in [-0.2, -0.15) is 0 Å². The summed E-state index contributed by atoms with van der Waals surface area (Å²) in [4.78, 5) is 4.54. The molecule has 2 nitrogen and oxygen atoms in total. The molecule has 100 valence electrons. The topological polar surface area (TPSA) is 24.9 Å². The van der Waals surface area contributed by atoms with E-state index in [0.29, 0.717) is 5.92 Å². The molecule has 0 spiro atoms. The highest BCUT2D eigenvalue weighted by Crippen LogP contribution is 2.30. The van der Waals surface area contributed by atoms with E-state index in [2.05, 4.69) is 52.2 Å². The molecular weight excluding hydrogens is 288 g/mol. The van der Waals surface area contributed by atoms with E-state index < -0.39 is 0 Å². The maximum Gasteiger partial charge on any atom is 0.0422 e. The van der Waals surface area contributed by atoms with Crippen LogP contribution in [0.4, 0.5) is 0 Å². The van der Waals surface area contributed by atoms with Crippen LogP contribution in [0.3, 0.4) is 0 Å². The molecule has 1 unspecified atom stereocenters. The second kappa shape index (κ2) is 6.16. The molecule has 1 aromatic rings. The zero-order valence-electron chi connectivity index (χ0n) is 11.4. The number of nitrogens with zero attached hydrogens (tertiary/aromatic N) is 1. The average Bonchev–Trinajstić information content (AvgIpc) is 2.59. The van der Waals surface area contributed by atoms with E-state index in [1.54, 1.807) is 0 Å². The van der Waals surface area contributed by atoms with Gasteiger partial charge in [0.15, 0.2) is 0 Å². The molecular formula is C15H23BrN2.